The molecule has 23 heavy (non-hydrogen) atoms. The largest absolute Gasteiger partial charge is 0.381 e. The third-order valence-corrected chi connectivity index (χ3v) is 5.95. The van der Waals surface area contributed by atoms with Crippen molar-refractivity contribution < 1.29 is 19.1 Å². The molecule has 2 fully saturated rings. The van der Waals surface area contributed by atoms with Gasteiger partial charge < -0.3 is 14.8 Å². The summed E-state index contributed by atoms with van der Waals surface area (Å²) in [6.45, 7) is 4.52. The Balaban J connectivity index is 1.65. The SMILES string of the molecule is CC(=O)c1ccc(C(=O)N[C@H]2CCOC[C@H]2C2CCOCC2)s1. The zero-order valence-electron chi connectivity index (χ0n) is 13.4. The molecule has 6 heteroatoms. The molecule has 1 aromatic heterocycles. The second-order valence-electron chi connectivity index (χ2n) is 6.28. The Morgan fingerprint density at radius 3 is 2.48 bits per heavy atom. The van der Waals surface area contributed by atoms with Gasteiger partial charge in [-0.15, -0.1) is 11.3 Å². The van der Waals surface area contributed by atoms with Gasteiger partial charge in [-0.1, -0.05) is 0 Å². The molecule has 2 aliphatic heterocycles. The molecule has 126 valence electrons. The number of Topliss-reactive ketones (excluding diaryl/α,β-unsaturated/α-hetero) is 1. The maximum atomic E-state index is 12.5. The van der Waals surface area contributed by atoms with Gasteiger partial charge >= 0.3 is 0 Å². The summed E-state index contributed by atoms with van der Waals surface area (Å²) in [6.07, 6.45) is 2.92. The predicted octanol–water partition coefficient (Wildman–Crippen LogP) is 2.51. The van der Waals surface area contributed by atoms with Crippen molar-refractivity contribution >= 4 is 23.0 Å². The van der Waals surface area contributed by atoms with Gasteiger partial charge in [-0.05, 0) is 44.2 Å². The number of rotatable bonds is 4. The minimum Gasteiger partial charge on any atom is -0.381 e. The van der Waals surface area contributed by atoms with Crippen LogP contribution in [0.5, 0.6) is 0 Å². The van der Waals surface area contributed by atoms with E-state index in [9.17, 15) is 9.59 Å². The van der Waals surface area contributed by atoms with Crippen molar-refractivity contribution in [2.75, 3.05) is 26.4 Å². The van der Waals surface area contributed by atoms with Gasteiger partial charge in [-0.2, -0.15) is 0 Å². The first kappa shape index (κ1) is 16.6. The Morgan fingerprint density at radius 2 is 1.78 bits per heavy atom. The predicted molar refractivity (Wildman–Crippen MR) is 88.0 cm³/mol. The van der Waals surface area contributed by atoms with Gasteiger partial charge in [0.1, 0.15) is 0 Å². The van der Waals surface area contributed by atoms with Crippen molar-refractivity contribution in [3.63, 3.8) is 0 Å². The van der Waals surface area contributed by atoms with Crippen molar-refractivity contribution in [2.24, 2.45) is 11.8 Å². The van der Waals surface area contributed by atoms with E-state index < -0.39 is 0 Å². The molecular weight excluding hydrogens is 314 g/mol. The average Bonchev–Trinajstić information content (AvgIpc) is 3.07. The van der Waals surface area contributed by atoms with Crippen LogP contribution < -0.4 is 5.32 Å². The maximum Gasteiger partial charge on any atom is 0.261 e. The molecule has 3 rings (SSSR count). The van der Waals surface area contributed by atoms with Crippen molar-refractivity contribution in [1.29, 1.82) is 0 Å². The smallest absolute Gasteiger partial charge is 0.261 e. The summed E-state index contributed by atoms with van der Waals surface area (Å²) in [5.41, 5.74) is 0. The molecule has 5 nitrogen and oxygen atoms in total. The lowest BCUT2D eigenvalue weighted by molar-refractivity contribution is -0.0259. The normalized spacial score (nSPS) is 26.0. The van der Waals surface area contributed by atoms with E-state index >= 15 is 0 Å². The highest BCUT2D eigenvalue weighted by Crippen LogP contribution is 2.30. The van der Waals surface area contributed by atoms with Crippen molar-refractivity contribution in [1.82, 2.24) is 5.32 Å². The third kappa shape index (κ3) is 4.00. The Bertz CT molecular complexity index is 565. The van der Waals surface area contributed by atoms with Crippen LogP contribution >= 0.6 is 11.3 Å². The lowest BCUT2D eigenvalue weighted by atomic mass is 9.79. The molecule has 1 aromatic rings. The van der Waals surface area contributed by atoms with E-state index in [1.807, 2.05) is 0 Å². The van der Waals surface area contributed by atoms with Crippen LogP contribution in [-0.4, -0.2) is 44.2 Å². The number of hydrogen-bond donors (Lipinski definition) is 1. The summed E-state index contributed by atoms with van der Waals surface area (Å²) in [4.78, 5) is 25.1. The van der Waals surface area contributed by atoms with Crippen LogP contribution in [0.1, 0.15) is 45.5 Å². The van der Waals surface area contributed by atoms with Gasteiger partial charge in [-0.3, -0.25) is 9.59 Å². The van der Waals surface area contributed by atoms with E-state index in [1.54, 1.807) is 12.1 Å². The van der Waals surface area contributed by atoms with E-state index in [-0.39, 0.29) is 17.7 Å². The van der Waals surface area contributed by atoms with Crippen LogP contribution in [0.3, 0.4) is 0 Å². The molecule has 0 aliphatic carbocycles. The quantitative estimate of drug-likeness (QED) is 0.858. The van der Waals surface area contributed by atoms with Crippen LogP contribution in [0.2, 0.25) is 0 Å². The summed E-state index contributed by atoms with van der Waals surface area (Å²) in [5, 5.41) is 3.17. The van der Waals surface area contributed by atoms with Gasteiger partial charge in [0.2, 0.25) is 0 Å². The molecule has 1 amide bonds. The summed E-state index contributed by atoms with van der Waals surface area (Å²) < 4.78 is 11.1. The number of hydrogen-bond acceptors (Lipinski definition) is 5. The van der Waals surface area contributed by atoms with Crippen LogP contribution in [0.15, 0.2) is 12.1 Å². The van der Waals surface area contributed by atoms with Crippen LogP contribution in [0, 0.1) is 11.8 Å². The zero-order chi connectivity index (χ0) is 16.2. The Hall–Kier alpha value is -1.24. The van der Waals surface area contributed by atoms with Gasteiger partial charge in [0.15, 0.2) is 5.78 Å². The van der Waals surface area contributed by atoms with E-state index in [4.69, 9.17) is 9.47 Å². The maximum absolute atomic E-state index is 12.5. The molecule has 0 unspecified atom stereocenters. The molecule has 0 bridgehead atoms. The molecule has 2 aliphatic rings. The van der Waals surface area contributed by atoms with Crippen LogP contribution in [-0.2, 0) is 9.47 Å². The molecule has 3 heterocycles. The first-order chi connectivity index (χ1) is 11.1. The van der Waals surface area contributed by atoms with Crippen molar-refractivity contribution in [3.05, 3.63) is 21.9 Å². The highest BCUT2D eigenvalue weighted by molar-refractivity contribution is 7.15. The molecule has 2 saturated heterocycles. The van der Waals surface area contributed by atoms with E-state index in [1.165, 1.54) is 18.3 Å². The van der Waals surface area contributed by atoms with Crippen molar-refractivity contribution in [3.8, 4) is 0 Å². The topological polar surface area (TPSA) is 64.6 Å². The number of carbonyl (C=O) groups is 2. The monoisotopic (exact) mass is 337 g/mol. The number of ketones is 1. The highest BCUT2D eigenvalue weighted by atomic mass is 32.1. The number of carbonyl (C=O) groups excluding carboxylic acids is 2. The summed E-state index contributed by atoms with van der Waals surface area (Å²) >= 11 is 1.26. The second kappa shape index (κ2) is 7.55. The first-order valence-corrected chi connectivity index (χ1v) is 9.04. The molecule has 0 radical (unpaired) electrons. The van der Waals surface area contributed by atoms with Gasteiger partial charge in [0, 0.05) is 31.8 Å². The summed E-state index contributed by atoms with van der Waals surface area (Å²) in [7, 11) is 0. The highest BCUT2D eigenvalue weighted by Gasteiger charge is 2.34. The number of thiophene rings is 1. The molecule has 0 aromatic carbocycles. The Kier molecular flexibility index (Phi) is 5.46. The van der Waals surface area contributed by atoms with Gasteiger partial charge in [-0.25, -0.2) is 0 Å². The van der Waals surface area contributed by atoms with Crippen LogP contribution in [0.25, 0.3) is 0 Å². The molecular formula is C17H23NO4S. The number of nitrogens with one attached hydrogen (secondary N) is 1. The van der Waals surface area contributed by atoms with E-state index in [2.05, 4.69) is 5.32 Å². The first-order valence-electron chi connectivity index (χ1n) is 8.22. The minimum atomic E-state index is -0.0774. The van der Waals surface area contributed by atoms with E-state index in [0.29, 0.717) is 34.8 Å². The molecule has 0 spiro atoms. The lowest BCUT2D eigenvalue weighted by Crippen LogP contribution is -2.49. The lowest BCUT2D eigenvalue weighted by Gasteiger charge is -2.38. The Morgan fingerprint density at radius 1 is 1.09 bits per heavy atom. The summed E-state index contributed by atoms with van der Waals surface area (Å²) in [6, 6.07) is 3.60. The van der Waals surface area contributed by atoms with Crippen LogP contribution in [0.4, 0.5) is 0 Å². The standard InChI is InChI=1S/C17H23NO4S/c1-11(19)15-2-3-16(23-15)17(20)18-14-6-9-22-10-13(14)12-4-7-21-8-5-12/h2-3,12-14H,4-10H2,1H3,(H,18,20)/t13-,14-/m0/s1. The number of ether oxygens (including phenoxy) is 2. The molecule has 0 saturated carbocycles. The Labute approximate surface area is 140 Å². The van der Waals surface area contributed by atoms with Crippen molar-refractivity contribution in [2.45, 2.75) is 32.2 Å². The summed E-state index contributed by atoms with van der Waals surface area (Å²) in [5.74, 6) is 0.820. The second-order valence-corrected chi connectivity index (χ2v) is 7.36. The number of amides is 1. The fourth-order valence-corrected chi connectivity index (χ4v) is 4.24. The fraction of sp³-hybridized carbons (Fsp3) is 0.647. The third-order valence-electron chi connectivity index (χ3n) is 4.77. The van der Waals surface area contributed by atoms with Gasteiger partial charge in [0.25, 0.3) is 5.91 Å². The van der Waals surface area contributed by atoms with E-state index in [0.717, 1.165) is 32.5 Å². The molecule has 1 N–H and O–H groups in total. The molecule has 2 atom stereocenters. The minimum absolute atomic E-state index is 0.000184. The van der Waals surface area contributed by atoms with Gasteiger partial charge in [0.05, 0.1) is 16.4 Å². The average molecular weight is 337 g/mol. The fourth-order valence-electron chi connectivity index (χ4n) is 3.44. The zero-order valence-corrected chi connectivity index (χ0v) is 14.2.